The van der Waals surface area contributed by atoms with Crippen LogP contribution in [0.2, 0.25) is 0 Å². The van der Waals surface area contributed by atoms with E-state index in [-0.39, 0.29) is 18.0 Å². The molecule has 9 nitrogen and oxygen atoms in total. The van der Waals surface area contributed by atoms with Crippen LogP contribution >= 0.6 is 0 Å². The van der Waals surface area contributed by atoms with Crippen LogP contribution in [0.4, 0.5) is 0 Å². The van der Waals surface area contributed by atoms with E-state index in [0.29, 0.717) is 36.7 Å². The van der Waals surface area contributed by atoms with Crippen LogP contribution in [0, 0.1) is 6.92 Å². The van der Waals surface area contributed by atoms with E-state index in [1.807, 2.05) is 30.3 Å². The number of H-pyrrole nitrogens is 1. The summed E-state index contributed by atoms with van der Waals surface area (Å²) in [4.78, 5) is 27.1. The lowest BCUT2D eigenvalue weighted by Crippen LogP contribution is -2.44. The second kappa shape index (κ2) is 8.36. The molecule has 9 heteroatoms. The number of rotatable bonds is 5. The SMILES string of the molecule is Cc1cc(CCc2ccccc2)oc(=O)c1C(=O)N1CCOC(c2nn[nH]n2)C1. The molecule has 0 aliphatic carbocycles. The van der Waals surface area contributed by atoms with Crippen molar-refractivity contribution in [1.29, 1.82) is 0 Å². The molecule has 1 aliphatic heterocycles. The number of carbonyl (C=O) groups is 1. The lowest BCUT2D eigenvalue weighted by atomic mass is 10.1. The molecule has 1 aromatic carbocycles. The number of ether oxygens (including phenoxy) is 1. The molecular formula is C20H21N5O4. The predicted octanol–water partition coefficient (Wildman–Crippen LogP) is 1.46. The molecule has 1 fully saturated rings. The first-order valence-electron chi connectivity index (χ1n) is 9.43. The summed E-state index contributed by atoms with van der Waals surface area (Å²) >= 11 is 0. The van der Waals surface area contributed by atoms with E-state index >= 15 is 0 Å². The molecule has 1 unspecified atom stereocenters. The quantitative estimate of drug-likeness (QED) is 0.695. The molecule has 0 saturated carbocycles. The fourth-order valence-corrected chi connectivity index (χ4v) is 3.42. The van der Waals surface area contributed by atoms with Gasteiger partial charge in [-0.15, -0.1) is 10.2 Å². The van der Waals surface area contributed by atoms with Gasteiger partial charge in [-0.1, -0.05) is 35.5 Å². The number of benzene rings is 1. The number of tetrazole rings is 1. The van der Waals surface area contributed by atoms with Crippen LogP contribution in [0.25, 0.3) is 0 Å². The van der Waals surface area contributed by atoms with E-state index in [2.05, 4.69) is 20.6 Å². The van der Waals surface area contributed by atoms with E-state index in [1.165, 1.54) is 0 Å². The predicted molar refractivity (Wildman–Crippen MR) is 102 cm³/mol. The normalized spacial score (nSPS) is 16.7. The van der Waals surface area contributed by atoms with Gasteiger partial charge in [0.05, 0.1) is 13.2 Å². The summed E-state index contributed by atoms with van der Waals surface area (Å²) in [7, 11) is 0. The maximum atomic E-state index is 13.0. The summed E-state index contributed by atoms with van der Waals surface area (Å²) < 4.78 is 11.1. The molecule has 1 amide bonds. The number of amides is 1. The van der Waals surface area contributed by atoms with E-state index in [9.17, 15) is 9.59 Å². The summed E-state index contributed by atoms with van der Waals surface area (Å²) in [5.41, 5.74) is 1.22. The van der Waals surface area contributed by atoms with Gasteiger partial charge in [-0.25, -0.2) is 4.79 Å². The van der Waals surface area contributed by atoms with Crippen molar-refractivity contribution in [1.82, 2.24) is 25.5 Å². The molecule has 29 heavy (non-hydrogen) atoms. The number of carbonyl (C=O) groups excluding carboxylic acids is 1. The molecule has 3 heterocycles. The molecular weight excluding hydrogens is 374 g/mol. The number of hydrogen-bond donors (Lipinski definition) is 1. The fourth-order valence-electron chi connectivity index (χ4n) is 3.42. The number of aromatic nitrogens is 4. The van der Waals surface area contributed by atoms with Crippen molar-refractivity contribution in [2.75, 3.05) is 19.7 Å². The Balaban J connectivity index is 1.49. The van der Waals surface area contributed by atoms with Crippen LogP contribution in [0.3, 0.4) is 0 Å². The number of aryl methyl sites for hydroxylation is 3. The van der Waals surface area contributed by atoms with Crippen LogP contribution < -0.4 is 5.63 Å². The van der Waals surface area contributed by atoms with Gasteiger partial charge in [0.25, 0.3) is 5.91 Å². The number of hydrogen-bond acceptors (Lipinski definition) is 7. The molecule has 2 aromatic heterocycles. The number of nitrogens with zero attached hydrogens (tertiary/aromatic N) is 4. The lowest BCUT2D eigenvalue weighted by molar-refractivity contribution is -0.0269. The van der Waals surface area contributed by atoms with Crippen LogP contribution in [-0.2, 0) is 17.6 Å². The van der Waals surface area contributed by atoms with E-state index in [4.69, 9.17) is 9.15 Å². The minimum atomic E-state index is -0.610. The zero-order chi connectivity index (χ0) is 20.2. The Hall–Kier alpha value is -3.33. The average Bonchev–Trinajstić information content (AvgIpc) is 3.27. The smallest absolute Gasteiger partial charge is 0.349 e. The zero-order valence-corrected chi connectivity index (χ0v) is 16.0. The van der Waals surface area contributed by atoms with Crippen LogP contribution in [0.5, 0.6) is 0 Å². The topological polar surface area (TPSA) is 114 Å². The number of nitrogens with one attached hydrogen (secondary N) is 1. The highest BCUT2D eigenvalue weighted by atomic mass is 16.5. The van der Waals surface area contributed by atoms with E-state index in [0.717, 1.165) is 12.0 Å². The number of morpholine rings is 1. The van der Waals surface area contributed by atoms with E-state index < -0.39 is 11.7 Å². The Kier molecular flexibility index (Phi) is 5.48. The highest BCUT2D eigenvalue weighted by Gasteiger charge is 2.31. The molecule has 4 rings (SSSR count). The van der Waals surface area contributed by atoms with Crippen LogP contribution in [0.15, 0.2) is 45.6 Å². The molecule has 1 N–H and O–H groups in total. The molecule has 0 radical (unpaired) electrons. The van der Waals surface area contributed by atoms with Crippen molar-refractivity contribution in [3.63, 3.8) is 0 Å². The zero-order valence-electron chi connectivity index (χ0n) is 16.0. The van der Waals surface area contributed by atoms with Gasteiger partial charge in [0, 0.05) is 13.0 Å². The molecule has 0 spiro atoms. The molecule has 0 bridgehead atoms. The van der Waals surface area contributed by atoms with E-state index in [1.54, 1.807) is 17.9 Å². The molecule has 150 valence electrons. The molecule has 1 atom stereocenters. The molecule has 1 aliphatic rings. The highest BCUT2D eigenvalue weighted by molar-refractivity contribution is 5.95. The van der Waals surface area contributed by atoms with Gasteiger partial charge in [-0.3, -0.25) is 4.79 Å². The van der Waals surface area contributed by atoms with Gasteiger partial charge in [-0.05, 0) is 30.5 Å². The largest absolute Gasteiger partial charge is 0.427 e. The van der Waals surface area contributed by atoms with Crippen LogP contribution in [-0.4, -0.2) is 51.1 Å². The first-order chi connectivity index (χ1) is 14.1. The van der Waals surface area contributed by atoms with Crippen LogP contribution in [0.1, 0.15) is 39.2 Å². The third-order valence-electron chi connectivity index (χ3n) is 4.92. The van der Waals surface area contributed by atoms with Crippen molar-refractivity contribution >= 4 is 5.91 Å². The van der Waals surface area contributed by atoms with Crippen molar-refractivity contribution in [2.24, 2.45) is 0 Å². The Labute approximate surface area is 166 Å². The number of aromatic amines is 1. The lowest BCUT2D eigenvalue weighted by Gasteiger charge is -2.31. The van der Waals surface area contributed by atoms with Crippen molar-refractivity contribution < 1.29 is 13.9 Å². The maximum absolute atomic E-state index is 13.0. The minimum absolute atomic E-state index is 0.0576. The third kappa shape index (κ3) is 4.24. The summed E-state index contributed by atoms with van der Waals surface area (Å²) in [5.74, 6) is 0.574. The Bertz CT molecular complexity index is 1030. The standard InChI is InChI=1S/C20H21N5O4/c1-13-11-15(8-7-14-5-3-2-4-6-14)29-20(27)17(13)19(26)25-9-10-28-16(12-25)18-21-23-24-22-18/h2-6,11,16H,7-10,12H2,1H3,(H,21,22,23,24). The molecule has 3 aromatic rings. The monoisotopic (exact) mass is 395 g/mol. The summed E-state index contributed by atoms with van der Waals surface area (Å²) in [5, 5.41) is 13.7. The Morgan fingerprint density at radius 3 is 2.83 bits per heavy atom. The fraction of sp³-hybridized carbons (Fsp3) is 0.350. The first kappa shape index (κ1) is 19.0. The Morgan fingerprint density at radius 2 is 2.10 bits per heavy atom. The third-order valence-corrected chi connectivity index (χ3v) is 4.92. The minimum Gasteiger partial charge on any atom is -0.427 e. The van der Waals surface area contributed by atoms with Gasteiger partial charge < -0.3 is 14.1 Å². The van der Waals surface area contributed by atoms with Gasteiger partial charge in [-0.2, -0.15) is 5.21 Å². The summed E-state index contributed by atoms with van der Waals surface area (Å²) in [6.07, 6.45) is 0.863. The average molecular weight is 395 g/mol. The summed E-state index contributed by atoms with van der Waals surface area (Å²) in [6, 6.07) is 11.7. The van der Waals surface area contributed by atoms with Gasteiger partial charge in [0.15, 0.2) is 0 Å². The summed E-state index contributed by atoms with van der Waals surface area (Å²) in [6.45, 7) is 2.70. The Morgan fingerprint density at radius 1 is 1.28 bits per heavy atom. The highest BCUT2D eigenvalue weighted by Crippen LogP contribution is 2.20. The van der Waals surface area contributed by atoms with Crippen molar-refractivity contribution in [3.05, 3.63) is 75.1 Å². The van der Waals surface area contributed by atoms with Gasteiger partial charge >= 0.3 is 5.63 Å². The van der Waals surface area contributed by atoms with Crippen molar-refractivity contribution in [3.8, 4) is 0 Å². The maximum Gasteiger partial charge on any atom is 0.349 e. The second-order valence-corrected chi connectivity index (χ2v) is 6.92. The molecule has 1 saturated heterocycles. The first-order valence-corrected chi connectivity index (χ1v) is 9.43. The second-order valence-electron chi connectivity index (χ2n) is 6.92. The van der Waals surface area contributed by atoms with Gasteiger partial charge in [0.1, 0.15) is 17.4 Å². The van der Waals surface area contributed by atoms with Crippen molar-refractivity contribution in [2.45, 2.75) is 25.9 Å². The van der Waals surface area contributed by atoms with Gasteiger partial charge in [0.2, 0.25) is 5.82 Å².